The Bertz CT molecular complexity index is 786. The molecule has 2 heterocycles. The molecule has 0 spiro atoms. The van der Waals surface area contributed by atoms with Gasteiger partial charge in [0.15, 0.2) is 0 Å². The van der Waals surface area contributed by atoms with E-state index in [0.717, 1.165) is 18.8 Å². The molecule has 4 heteroatoms. The third-order valence-corrected chi connectivity index (χ3v) is 5.20. The van der Waals surface area contributed by atoms with Crippen molar-refractivity contribution in [3.8, 4) is 11.3 Å². The fraction of sp³-hybridized carbons (Fsp3) is 0.474. The topological polar surface area (TPSA) is 38.1 Å². The molecule has 2 aliphatic rings. The summed E-state index contributed by atoms with van der Waals surface area (Å²) in [4.78, 5) is 18.7. The largest absolute Gasteiger partial charge is 0.335 e. The van der Waals surface area contributed by atoms with E-state index in [4.69, 9.17) is 4.98 Å². The van der Waals surface area contributed by atoms with Crippen LogP contribution in [0.1, 0.15) is 48.3 Å². The second kappa shape index (κ2) is 5.22. The normalized spacial score (nSPS) is 17.3. The van der Waals surface area contributed by atoms with E-state index in [9.17, 15) is 4.79 Å². The fourth-order valence-electron chi connectivity index (χ4n) is 3.44. The summed E-state index contributed by atoms with van der Waals surface area (Å²) in [5.41, 5.74) is 6.04. The third-order valence-electron chi connectivity index (χ3n) is 5.20. The molecule has 2 aromatic rings. The number of carbonyl (C=O) groups excluding carboxylic acids is 1. The van der Waals surface area contributed by atoms with E-state index in [2.05, 4.69) is 36.6 Å². The summed E-state index contributed by atoms with van der Waals surface area (Å²) >= 11 is 0. The lowest BCUT2D eigenvalue weighted by molar-refractivity contribution is -0.130. The quantitative estimate of drug-likeness (QED) is 0.852. The highest BCUT2D eigenvalue weighted by Gasteiger charge is 2.33. The van der Waals surface area contributed by atoms with Gasteiger partial charge in [-0.3, -0.25) is 4.79 Å². The Morgan fingerprint density at radius 3 is 2.61 bits per heavy atom. The van der Waals surface area contributed by atoms with Crippen molar-refractivity contribution in [2.24, 2.45) is 0 Å². The lowest BCUT2D eigenvalue weighted by Gasteiger charge is -2.28. The molecule has 0 bridgehead atoms. The van der Waals surface area contributed by atoms with Gasteiger partial charge in [0.05, 0.1) is 17.9 Å². The Morgan fingerprint density at radius 2 is 1.96 bits per heavy atom. The lowest BCUT2D eigenvalue weighted by Crippen LogP contribution is -2.37. The van der Waals surface area contributed by atoms with Crippen molar-refractivity contribution in [2.45, 2.75) is 52.6 Å². The molecule has 1 aliphatic heterocycles. The van der Waals surface area contributed by atoms with Crippen molar-refractivity contribution >= 4 is 5.91 Å². The van der Waals surface area contributed by atoms with Crippen LogP contribution in [0.2, 0.25) is 0 Å². The van der Waals surface area contributed by atoms with E-state index in [1.54, 1.807) is 6.92 Å². The Balaban J connectivity index is 1.83. The summed E-state index contributed by atoms with van der Waals surface area (Å²) in [5, 5.41) is 0. The number of rotatable bonds is 2. The van der Waals surface area contributed by atoms with Crippen LogP contribution in [0.4, 0.5) is 0 Å². The zero-order valence-corrected chi connectivity index (χ0v) is 14.1. The second-order valence-corrected chi connectivity index (χ2v) is 6.93. The Labute approximate surface area is 137 Å². The van der Waals surface area contributed by atoms with Crippen LogP contribution in [0, 0.1) is 13.8 Å². The monoisotopic (exact) mass is 309 g/mol. The molecule has 4 rings (SSSR count). The number of amides is 1. The maximum Gasteiger partial charge on any atom is 0.219 e. The lowest BCUT2D eigenvalue weighted by atomic mass is 10.0. The van der Waals surface area contributed by atoms with Crippen LogP contribution in [-0.2, 0) is 17.9 Å². The van der Waals surface area contributed by atoms with E-state index in [1.807, 2.05) is 4.90 Å². The van der Waals surface area contributed by atoms with Gasteiger partial charge in [0.2, 0.25) is 5.91 Å². The number of hydrogen-bond donors (Lipinski definition) is 0. The molecule has 4 nitrogen and oxygen atoms in total. The first-order valence-electron chi connectivity index (χ1n) is 8.47. The van der Waals surface area contributed by atoms with Gasteiger partial charge in [-0.1, -0.05) is 12.1 Å². The molecule has 1 saturated carbocycles. The van der Waals surface area contributed by atoms with Crippen LogP contribution < -0.4 is 0 Å². The molecule has 0 N–H and O–H groups in total. The van der Waals surface area contributed by atoms with Crippen molar-refractivity contribution in [3.63, 3.8) is 0 Å². The van der Waals surface area contributed by atoms with Gasteiger partial charge in [0.1, 0.15) is 5.82 Å². The maximum atomic E-state index is 11.8. The van der Waals surface area contributed by atoms with Crippen LogP contribution in [0.15, 0.2) is 18.2 Å². The molecule has 1 aromatic heterocycles. The number of carbonyl (C=O) groups is 1. The zero-order valence-electron chi connectivity index (χ0n) is 14.1. The van der Waals surface area contributed by atoms with Gasteiger partial charge in [-0.15, -0.1) is 0 Å². The van der Waals surface area contributed by atoms with E-state index in [-0.39, 0.29) is 5.91 Å². The van der Waals surface area contributed by atoms with Gasteiger partial charge in [0.25, 0.3) is 0 Å². The van der Waals surface area contributed by atoms with Crippen molar-refractivity contribution in [1.29, 1.82) is 0 Å². The predicted molar refractivity (Wildman–Crippen MR) is 90.2 cm³/mol. The minimum atomic E-state index is 0.149. The van der Waals surface area contributed by atoms with Crippen LogP contribution in [0.5, 0.6) is 0 Å². The molecule has 1 amide bonds. The van der Waals surface area contributed by atoms with Crippen molar-refractivity contribution < 1.29 is 4.79 Å². The maximum absolute atomic E-state index is 11.8. The Kier molecular flexibility index (Phi) is 3.29. The van der Waals surface area contributed by atoms with Crippen LogP contribution in [0.25, 0.3) is 11.3 Å². The average molecular weight is 309 g/mol. The predicted octanol–water partition coefficient (Wildman–Crippen LogP) is 3.41. The van der Waals surface area contributed by atoms with Crippen molar-refractivity contribution in [2.75, 3.05) is 6.54 Å². The van der Waals surface area contributed by atoms with E-state index < -0.39 is 0 Å². The molecule has 0 unspecified atom stereocenters. The van der Waals surface area contributed by atoms with Gasteiger partial charge < -0.3 is 9.47 Å². The standard InChI is InChI=1S/C19H23N3O/c1-12-4-5-16(10-13(12)2)18-17-11-21(14(3)23)8-9-22(17)19(20-18)15-6-7-15/h4-5,10,15H,6-9,11H2,1-3H3. The first-order valence-corrected chi connectivity index (χ1v) is 8.47. The summed E-state index contributed by atoms with van der Waals surface area (Å²) in [5.74, 6) is 2.01. The molecule has 0 atom stereocenters. The van der Waals surface area contributed by atoms with Gasteiger partial charge in [-0.05, 0) is 43.9 Å². The number of imidazole rings is 1. The Morgan fingerprint density at radius 1 is 1.17 bits per heavy atom. The van der Waals surface area contributed by atoms with Crippen molar-refractivity contribution in [3.05, 3.63) is 40.8 Å². The fourth-order valence-corrected chi connectivity index (χ4v) is 3.44. The third kappa shape index (κ3) is 2.46. The van der Waals surface area contributed by atoms with Gasteiger partial charge in [0, 0.05) is 31.5 Å². The molecule has 1 aromatic carbocycles. The molecule has 0 saturated heterocycles. The Hall–Kier alpha value is -2.10. The molecule has 120 valence electrons. The summed E-state index contributed by atoms with van der Waals surface area (Å²) in [7, 11) is 0. The molecule has 1 aliphatic carbocycles. The van der Waals surface area contributed by atoms with Gasteiger partial charge in [-0.25, -0.2) is 4.98 Å². The highest BCUT2D eigenvalue weighted by molar-refractivity contribution is 5.74. The van der Waals surface area contributed by atoms with E-state index >= 15 is 0 Å². The van der Waals surface area contributed by atoms with Crippen LogP contribution in [-0.4, -0.2) is 26.9 Å². The number of aryl methyl sites for hydroxylation is 2. The summed E-state index contributed by atoms with van der Waals surface area (Å²) in [6.07, 6.45) is 2.50. The molecular formula is C19H23N3O. The minimum Gasteiger partial charge on any atom is -0.335 e. The summed E-state index contributed by atoms with van der Waals surface area (Å²) < 4.78 is 2.38. The summed E-state index contributed by atoms with van der Waals surface area (Å²) in [6.45, 7) is 8.28. The minimum absolute atomic E-state index is 0.149. The number of hydrogen-bond acceptors (Lipinski definition) is 2. The first kappa shape index (κ1) is 14.5. The molecule has 1 fully saturated rings. The highest BCUT2D eigenvalue weighted by atomic mass is 16.2. The second-order valence-electron chi connectivity index (χ2n) is 6.93. The number of benzene rings is 1. The number of nitrogens with zero attached hydrogens (tertiary/aromatic N) is 3. The van der Waals surface area contributed by atoms with E-state index in [0.29, 0.717) is 12.5 Å². The van der Waals surface area contributed by atoms with Crippen molar-refractivity contribution in [1.82, 2.24) is 14.5 Å². The van der Waals surface area contributed by atoms with E-state index in [1.165, 1.54) is 41.1 Å². The van der Waals surface area contributed by atoms with Crippen LogP contribution >= 0.6 is 0 Å². The highest BCUT2D eigenvalue weighted by Crippen LogP contribution is 2.42. The number of fused-ring (bicyclic) bond motifs is 1. The first-order chi connectivity index (χ1) is 11.0. The smallest absolute Gasteiger partial charge is 0.219 e. The zero-order chi connectivity index (χ0) is 16.1. The molecular weight excluding hydrogens is 286 g/mol. The SMILES string of the molecule is CC(=O)N1CCn2c(C3CC3)nc(-c3ccc(C)c(C)c3)c2C1. The summed E-state index contributed by atoms with van der Waals surface area (Å²) in [6, 6.07) is 6.55. The molecule has 23 heavy (non-hydrogen) atoms. The van der Waals surface area contributed by atoms with Crippen LogP contribution in [0.3, 0.4) is 0 Å². The van der Waals surface area contributed by atoms with Gasteiger partial charge in [-0.2, -0.15) is 0 Å². The van der Waals surface area contributed by atoms with Gasteiger partial charge >= 0.3 is 0 Å². The number of aromatic nitrogens is 2. The average Bonchev–Trinajstić information content (AvgIpc) is 3.30. The molecule has 0 radical (unpaired) electrons.